The SMILES string of the molecule is O=C(O)c1ccc(C(=O)O)c(C=CCCl)c1. The van der Waals surface area contributed by atoms with Gasteiger partial charge in [-0.05, 0) is 23.8 Å². The van der Waals surface area contributed by atoms with Crippen molar-refractivity contribution >= 4 is 29.6 Å². The highest BCUT2D eigenvalue weighted by molar-refractivity contribution is 6.19. The molecule has 84 valence electrons. The molecule has 1 aromatic carbocycles. The van der Waals surface area contributed by atoms with Crippen LogP contribution in [0.3, 0.4) is 0 Å². The minimum absolute atomic E-state index is 0.0409. The molecule has 0 atom stereocenters. The van der Waals surface area contributed by atoms with Crippen LogP contribution in [0.15, 0.2) is 24.3 Å². The number of aromatic carboxylic acids is 2. The summed E-state index contributed by atoms with van der Waals surface area (Å²) in [7, 11) is 0. The van der Waals surface area contributed by atoms with Crippen molar-refractivity contribution in [1.82, 2.24) is 0 Å². The number of carboxylic acids is 2. The Morgan fingerprint density at radius 1 is 1.25 bits per heavy atom. The largest absolute Gasteiger partial charge is 0.478 e. The van der Waals surface area contributed by atoms with Gasteiger partial charge in [0.05, 0.1) is 11.1 Å². The van der Waals surface area contributed by atoms with Crippen LogP contribution in [0.1, 0.15) is 26.3 Å². The van der Waals surface area contributed by atoms with Crippen molar-refractivity contribution < 1.29 is 19.8 Å². The summed E-state index contributed by atoms with van der Waals surface area (Å²) < 4.78 is 0. The lowest BCUT2D eigenvalue weighted by Crippen LogP contribution is -2.03. The van der Waals surface area contributed by atoms with Gasteiger partial charge in [0.1, 0.15) is 0 Å². The van der Waals surface area contributed by atoms with Gasteiger partial charge in [-0.3, -0.25) is 0 Å². The number of rotatable bonds is 4. The summed E-state index contributed by atoms with van der Waals surface area (Å²) in [5.41, 5.74) is 0.415. The van der Waals surface area contributed by atoms with Crippen molar-refractivity contribution in [3.63, 3.8) is 0 Å². The van der Waals surface area contributed by atoms with Crippen molar-refractivity contribution in [3.05, 3.63) is 41.0 Å². The van der Waals surface area contributed by atoms with Crippen molar-refractivity contribution in [2.45, 2.75) is 0 Å². The Labute approximate surface area is 96.8 Å². The van der Waals surface area contributed by atoms with Crippen LogP contribution in [0.5, 0.6) is 0 Å². The highest BCUT2D eigenvalue weighted by atomic mass is 35.5. The third-order valence-electron chi connectivity index (χ3n) is 1.92. The van der Waals surface area contributed by atoms with Gasteiger partial charge in [0.2, 0.25) is 0 Å². The molecule has 1 rings (SSSR count). The lowest BCUT2D eigenvalue weighted by Gasteiger charge is -2.02. The predicted octanol–water partition coefficient (Wildman–Crippen LogP) is 2.33. The number of alkyl halides is 1. The zero-order chi connectivity index (χ0) is 12.1. The van der Waals surface area contributed by atoms with E-state index in [4.69, 9.17) is 21.8 Å². The van der Waals surface area contributed by atoms with Crippen LogP contribution in [0.25, 0.3) is 6.08 Å². The van der Waals surface area contributed by atoms with Crippen LogP contribution in [-0.4, -0.2) is 28.0 Å². The molecule has 5 heteroatoms. The van der Waals surface area contributed by atoms with Gasteiger partial charge in [-0.2, -0.15) is 0 Å². The number of benzene rings is 1. The summed E-state index contributed by atoms with van der Waals surface area (Å²) in [6.07, 6.45) is 3.04. The lowest BCUT2D eigenvalue weighted by atomic mass is 10.0. The second-order valence-corrected chi connectivity index (χ2v) is 3.28. The molecule has 0 amide bonds. The van der Waals surface area contributed by atoms with E-state index in [1.165, 1.54) is 24.3 Å². The fourth-order valence-electron chi connectivity index (χ4n) is 1.20. The van der Waals surface area contributed by atoms with E-state index in [1.54, 1.807) is 6.08 Å². The molecular formula is C11H9ClO4. The van der Waals surface area contributed by atoms with Gasteiger partial charge in [-0.1, -0.05) is 12.2 Å². The molecule has 0 aliphatic rings. The third-order valence-corrected chi connectivity index (χ3v) is 2.09. The number of allylic oxidation sites excluding steroid dienone is 1. The fraction of sp³-hybridized carbons (Fsp3) is 0.0909. The monoisotopic (exact) mass is 240 g/mol. The first kappa shape index (κ1) is 12.3. The lowest BCUT2D eigenvalue weighted by molar-refractivity contribution is 0.0681. The molecule has 16 heavy (non-hydrogen) atoms. The molecule has 0 radical (unpaired) electrons. The van der Waals surface area contributed by atoms with Gasteiger partial charge >= 0.3 is 11.9 Å². The van der Waals surface area contributed by atoms with Crippen molar-refractivity contribution in [2.75, 3.05) is 5.88 Å². The summed E-state index contributed by atoms with van der Waals surface area (Å²) in [5, 5.41) is 17.6. The average molecular weight is 241 g/mol. The van der Waals surface area contributed by atoms with Crippen molar-refractivity contribution in [1.29, 1.82) is 0 Å². The van der Waals surface area contributed by atoms with Gasteiger partial charge in [-0.25, -0.2) is 9.59 Å². The molecule has 0 aromatic heterocycles. The summed E-state index contributed by atoms with van der Waals surface area (Å²) in [4.78, 5) is 21.6. The quantitative estimate of drug-likeness (QED) is 0.792. The number of carbonyl (C=O) groups is 2. The van der Waals surface area contributed by atoms with Crippen LogP contribution in [0.2, 0.25) is 0 Å². The van der Waals surface area contributed by atoms with E-state index >= 15 is 0 Å². The molecule has 0 aliphatic heterocycles. The first-order chi connectivity index (χ1) is 7.56. The molecule has 0 aliphatic carbocycles. The predicted molar refractivity (Wildman–Crippen MR) is 60.1 cm³/mol. The molecule has 0 saturated carbocycles. The van der Waals surface area contributed by atoms with E-state index in [0.717, 1.165) is 0 Å². The number of halogens is 1. The van der Waals surface area contributed by atoms with E-state index in [1.807, 2.05) is 0 Å². The molecule has 0 saturated heterocycles. The Morgan fingerprint density at radius 2 is 1.94 bits per heavy atom. The molecule has 0 spiro atoms. The highest BCUT2D eigenvalue weighted by Crippen LogP contribution is 2.14. The highest BCUT2D eigenvalue weighted by Gasteiger charge is 2.11. The average Bonchev–Trinajstić information content (AvgIpc) is 2.25. The van der Waals surface area contributed by atoms with Gasteiger partial charge in [0.25, 0.3) is 0 Å². The molecule has 0 fully saturated rings. The topological polar surface area (TPSA) is 74.6 Å². The Bertz CT molecular complexity index is 451. The molecule has 2 N–H and O–H groups in total. The van der Waals surface area contributed by atoms with Gasteiger partial charge in [0, 0.05) is 5.88 Å². The zero-order valence-corrected chi connectivity index (χ0v) is 8.94. The van der Waals surface area contributed by atoms with E-state index in [0.29, 0.717) is 5.56 Å². The van der Waals surface area contributed by atoms with Crippen molar-refractivity contribution in [3.8, 4) is 0 Å². The molecule has 0 heterocycles. The maximum atomic E-state index is 10.9. The van der Waals surface area contributed by atoms with Crippen molar-refractivity contribution in [2.24, 2.45) is 0 Å². The number of hydrogen-bond donors (Lipinski definition) is 2. The maximum absolute atomic E-state index is 10.9. The van der Waals surface area contributed by atoms with Crippen LogP contribution >= 0.6 is 11.6 Å². The fourth-order valence-corrected chi connectivity index (χ4v) is 1.29. The minimum Gasteiger partial charge on any atom is -0.478 e. The normalized spacial score (nSPS) is 10.6. The Kier molecular flexibility index (Phi) is 4.08. The van der Waals surface area contributed by atoms with E-state index in [9.17, 15) is 9.59 Å². The first-order valence-corrected chi connectivity index (χ1v) is 4.93. The van der Waals surface area contributed by atoms with Crippen LogP contribution < -0.4 is 0 Å². The Balaban J connectivity index is 3.26. The number of hydrogen-bond acceptors (Lipinski definition) is 2. The smallest absolute Gasteiger partial charge is 0.336 e. The molecule has 4 nitrogen and oxygen atoms in total. The summed E-state index contributed by atoms with van der Waals surface area (Å²) >= 11 is 5.44. The van der Waals surface area contributed by atoms with Gasteiger partial charge in [-0.15, -0.1) is 11.6 Å². The minimum atomic E-state index is -1.11. The Morgan fingerprint density at radius 3 is 2.44 bits per heavy atom. The molecular weight excluding hydrogens is 232 g/mol. The second kappa shape index (κ2) is 5.32. The Hall–Kier alpha value is -1.81. The number of carboxylic acid groups (broad SMARTS) is 2. The third kappa shape index (κ3) is 2.84. The summed E-state index contributed by atoms with van der Waals surface area (Å²) in [5.74, 6) is -1.97. The van der Waals surface area contributed by atoms with E-state index < -0.39 is 11.9 Å². The maximum Gasteiger partial charge on any atom is 0.336 e. The van der Waals surface area contributed by atoms with E-state index in [-0.39, 0.29) is 17.0 Å². The van der Waals surface area contributed by atoms with E-state index in [2.05, 4.69) is 0 Å². The molecule has 0 bridgehead atoms. The van der Waals surface area contributed by atoms with Crippen LogP contribution in [0, 0.1) is 0 Å². The van der Waals surface area contributed by atoms with Crippen LogP contribution in [-0.2, 0) is 0 Å². The van der Waals surface area contributed by atoms with Gasteiger partial charge < -0.3 is 10.2 Å². The molecule has 0 unspecified atom stereocenters. The first-order valence-electron chi connectivity index (χ1n) is 4.39. The summed E-state index contributed by atoms with van der Waals surface area (Å²) in [6.45, 7) is 0. The van der Waals surface area contributed by atoms with Crippen LogP contribution in [0.4, 0.5) is 0 Å². The van der Waals surface area contributed by atoms with Gasteiger partial charge in [0.15, 0.2) is 0 Å². The molecule has 1 aromatic rings. The second-order valence-electron chi connectivity index (χ2n) is 2.97. The standard InChI is InChI=1S/C11H9ClO4/c12-5-1-2-7-6-8(10(13)14)3-4-9(7)11(15)16/h1-4,6H,5H2,(H,13,14)(H,15,16). The summed E-state index contributed by atoms with van der Waals surface area (Å²) in [6, 6.07) is 3.82. The zero-order valence-electron chi connectivity index (χ0n) is 8.18.